The van der Waals surface area contributed by atoms with Crippen LogP contribution in [0.25, 0.3) is 0 Å². The van der Waals surface area contributed by atoms with Gasteiger partial charge in [0.25, 0.3) is 0 Å². The van der Waals surface area contributed by atoms with Gasteiger partial charge in [0.1, 0.15) is 13.2 Å². The molecule has 5 nitrogen and oxygen atoms in total. The van der Waals surface area contributed by atoms with E-state index in [0.29, 0.717) is 5.69 Å². The molecular formula is C9H12N2O3. The molecule has 0 amide bonds. The van der Waals surface area contributed by atoms with Gasteiger partial charge in [-0.15, -0.1) is 0 Å². The summed E-state index contributed by atoms with van der Waals surface area (Å²) in [4.78, 5) is 14.9. The van der Waals surface area contributed by atoms with E-state index in [9.17, 15) is 4.79 Å². The maximum Gasteiger partial charge on any atom is 0.326 e. The number of nitrogens with zero attached hydrogens (tertiary/aromatic N) is 2. The summed E-state index contributed by atoms with van der Waals surface area (Å²) in [6.45, 7) is 3.60. The maximum absolute atomic E-state index is 11.1. The fourth-order valence-electron chi connectivity index (χ4n) is 0.921. The molecule has 0 fully saturated rings. The van der Waals surface area contributed by atoms with Crippen molar-refractivity contribution in [2.75, 3.05) is 6.61 Å². The average molecular weight is 196 g/mol. The Morgan fingerprint density at radius 3 is 3.14 bits per heavy atom. The lowest BCUT2D eigenvalue weighted by molar-refractivity contribution is -0.143. The van der Waals surface area contributed by atoms with E-state index < -0.39 is 0 Å². The SMILES string of the molecule is C=CCOC(=O)Cn1cnc(CO)c1. The fraction of sp³-hybridized carbons (Fsp3) is 0.333. The Balaban J connectivity index is 2.43. The standard InChI is InChI=1S/C9H12N2O3/c1-2-3-14-9(13)5-11-4-8(6-12)10-7-11/h2,4,7,12H,1,3,5-6H2. The van der Waals surface area contributed by atoms with Crippen LogP contribution in [0.1, 0.15) is 5.69 Å². The highest BCUT2D eigenvalue weighted by Gasteiger charge is 2.03. The first-order valence-electron chi connectivity index (χ1n) is 4.14. The van der Waals surface area contributed by atoms with E-state index in [2.05, 4.69) is 11.6 Å². The van der Waals surface area contributed by atoms with E-state index in [1.165, 1.54) is 12.4 Å². The van der Waals surface area contributed by atoms with Crippen LogP contribution in [0.3, 0.4) is 0 Å². The van der Waals surface area contributed by atoms with Gasteiger partial charge in [-0.1, -0.05) is 12.7 Å². The summed E-state index contributed by atoms with van der Waals surface area (Å²) in [5.41, 5.74) is 0.529. The first kappa shape index (κ1) is 10.5. The lowest BCUT2D eigenvalue weighted by Crippen LogP contribution is -2.12. The molecule has 0 radical (unpaired) electrons. The van der Waals surface area contributed by atoms with Crippen LogP contribution in [0.4, 0.5) is 0 Å². The predicted molar refractivity (Wildman–Crippen MR) is 49.3 cm³/mol. The van der Waals surface area contributed by atoms with Crippen LogP contribution in [-0.2, 0) is 22.7 Å². The van der Waals surface area contributed by atoms with Crippen LogP contribution < -0.4 is 0 Å². The number of aliphatic hydroxyl groups excluding tert-OH is 1. The number of ether oxygens (including phenoxy) is 1. The Hall–Kier alpha value is -1.62. The number of hydrogen-bond acceptors (Lipinski definition) is 4. The zero-order valence-electron chi connectivity index (χ0n) is 7.72. The molecule has 1 N–H and O–H groups in total. The molecule has 1 aromatic heterocycles. The highest BCUT2D eigenvalue weighted by atomic mass is 16.5. The molecule has 0 spiro atoms. The zero-order valence-corrected chi connectivity index (χ0v) is 7.72. The number of rotatable bonds is 5. The molecule has 0 saturated carbocycles. The number of carbonyl (C=O) groups is 1. The first-order valence-corrected chi connectivity index (χ1v) is 4.14. The van der Waals surface area contributed by atoms with E-state index in [1.54, 1.807) is 10.8 Å². The third-order valence-corrected chi connectivity index (χ3v) is 1.52. The van der Waals surface area contributed by atoms with Crippen molar-refractivity contribution in [3.63, 3.8) is 0 Å². The number of carbonyl (C=O) groups excluding carboxylic acids is 1. The van der Waals surface area contributed by atoms with Gasteiger partial charge < -0.3 is 14.4 Å². The quantitative estimate of drug-likeness (QED) is 0.536. The van der Waals surface area contributed by atoms with Crippen LogP contribution in [0.15, 0.2) is 25.2 Å². The summed E-state index contributed by atoms with van der Waals surface area (Å²) >= 11 is 0. The minimum atomic E-state index is -0.355. The Bertz CT molecular complexity index is 320. The largest absolute Gasteiger partial charge is 0.460 e. The molecule has 14 heavy (non-hydrogen) atoms. The third-order valence-electron chi connectivity index (χ3n) is 1.52. The van der Waals surface area contributed by atoms with Crippen molar-refractivity contribution >= 4 is 5.97 Å². The number of aliphatic hydroxyl groups is 1. The Morgan fingerprint density at radius 2 is 2.57 bits per heavy atom. The Kier molecular flexibility index (Phi) is 3.87. The van der Waals surface area contributed by atoms with E-state index in [1.807, 2.05) is 0 Å². The summed E-state index contributed by atoms with van der Waals surface area (Å²) < 4.78 is 6.32. The summed E-state index contributed by atoms with van der Waals surface area (Å²) in [5, 5.41) is 8.72. The monoisotopic (exact) mass is 196 g/mol. The lowest BCUT2D eigenvalue weighted by Gasteiger charge is -2.01. The van der Waals surface area contributed by atoms with Gasteiger partial charge in [0.15, 0.2) is 0 Å². The minimum Gasteiger partial charge on any atom is -0.460 e. The van der Waals surface area contributed by atoms with E-state index in [4.69, 9.17) is 9.84 Å². The molecule has 0 aliphatic heterocycles. The van der Waals surface area contributed by atoms with Crippen LogP contribution >= 0.6 is 0 Å². The summed E-state index contributed by atoms with van der Waals surface area (Å²) in [5.74, 6) is -0.355. The molecule has 76 valence electrons. The van der Waals surface area contributed by atoms with Gasteiger partial charge in [0, 0.05) is 6.20 Å². The molecule has 0 saturated heterocycles. The van der Waals surface area contributed by atoms with Gasteiger partial charge in [-0.2, -0.15) is 0 Å². The average Bonchev–Trinajstić information content (AvgIpc) is 2.62. The fourth-order valence-corrected chi connectivity index (χ4v) is 0.921. The van der Waals surface area contributed by atoms with E-state index >= 15 is 0 Å². The minimum absolute atomic E-state index is 0.0981. The van der Waals surface area contributed by atoms with Crippen molar-refractivity contribution in [1.29, 1.82) is 0 Å². The normalized spacial score (nSPS) is 9.79. The maximum atomic E-state index is 11.1. The van der Waals surface area contributed by atoms with Gasteiger partial charge >= 0.3 is 5.97 Å². The van der Waals surface area contributed by atoms with E-state index in [-0.39, 0.29) is 25.7 Å². The molecule has 1 rings (SSSR count). The number of aromatic nitrogens is 2. The van der Waals surface area contributed by atoms with Gasteiger partial charge in [0.2, 0.25) is 0 Å². The van der Waals surface area contributed by atoms with Crippen LogP contribution in [0.2, 0.25) is 0 Å². The second kappa shape index (κ2) is 5.18. The van der Waals surface area contributed by atoms with Crippen molar-refractivity contribution in [2.24, 2.45) is 0 Å². The van der Waals surface area contributed by atoms with Crippen molar-refractivity contribution in [1.82, 2.24) is 9.55 Å². The molecule has 1 heterocycles. The molecule has 0 atom stereocenters. The topological polar surface area (TPSA) is 64.4 Å². The first-order chi connectivity index (χ1) is 6.76. The Labute approximate surface area is 81.6 Å². The van der Waals surface area contributed by atoms with Gasteiger partial charge in [0.05, 0.1) is 18.6 Å². The third kappa shape index (κ3) is 3.02. The highest BCUT2D eigenvalue weighted by Crippen LogP contribution is 1.96. The predicted octanol–water partition coefficient (Wildman–Crippen LogP) is 0.105. The summed E-state index contributed by atoms with van der Waals surface area (Å²) in [7, 11) is 0. The van der Waals surface area contributed by atoms with Crippen molar-refractivity contribution in [3.05, 3.63) is 30.9 Å². The number of esters is 1. The molecule has 0 aliphatic rings. The van der Waals surface area contributed by atoms with Crippen LogP contribution in [0.5, 0.6) is 0 Å². The lowest BCUT2D eigenvalue weighted by atomic mass is 10.5. The van der Waals surface area contributed by atoms with Crippen LogP contribution in [-0.4, -0.2) is 27.2 Å². The highest BCUT2D eigenvalue weighted by molar-refractivity contribution is 5.69. The van der Waals surface area contributed by atoms with E-state index in [0.717, 1.165) is 0 Å². The molecule has 0 aliphatic carbocycles. The summed E-state index contributed by atoms with van der Waals surface area (Å²) in [6, 6.07) is 0. The second-order valence-corrected chi connectivity index (χ2v) is 2.67. The summed E-state index contributed by atoms with van der Waals surface area (Å²) in [6.07, 6.45) is 4.57. The smallest absolute Gasteiger partial charge is 0.326 e. The zero-order chi connectivity index (χ0) is 10.4. The Morgan fingerprint density at radius 1 is 1.79 bits per heavy atom. The van der Waals surface area contributed by atoms with Crippen molar-refractivity contribution in [2.45, 2.75) is 13.2 Å². The van der Waals surface area contributed by atoms with Gasteiger partial charge in [-0.3, -0.25) is 4.79 Å². The molecule has 1 aromatic rings. The van der Waals surface area contributed by atoms with Crippen molar-refractivity contribution in [3.8, 4) is 0 Å². The second-order valence-electron chi connectivity index (χ2n) is 2.67. The number of hydrogen-bond donors (Lipinski definition) is 1. The molecule has 5 heteroatoms. The molecular weight excluding hydrogens is 184 g/mol. The molecule has 0 unspecified atom stereocenters. The molecule has 0 bridgehead atoms. The van der Waals surface area contributed by atoms with Crippen LogP contribution in [0, 0.1) is 0 Å². The number of imidazole rings is 1. The van der Waals surface area contributed by atoms with Gasteiger partial charge in [-0.05, 0) is 0 Å². The molecule has 0 aromatic carbocycles. The van der Waals surface area contributed by atoms with Gasteiger partial charge in [-0.25, -0.2) is 4.98 Å². The van der Waals surface area contributed by atoms with Crippen molar-refractivity contribution < 1.29 is 14.6 Å².